The first-order chi connectivity index (χ1) is 9.19. The van der Waals surface area contributed by atoms with Gasteiger partial charge in [0, 0.05) is 36.8 Å². The van der Waals surface area contributed by atoms with Gasteiger partial charge in [-0.2, -0.15) is 5.10 Å². The van der Waals surface area contributed by atoms with Gasteiger partial charge in [0.2, 0.25) is 0 Å². The minimum absolute atomic E-state index is 0.0704. The number of aromatic nitrogens is 2. The van der Waals surface area contributed by atoms with Crippen LogP contribution in [0.5, 0.6) is 5.75 Å². The summed E-state index contributed by atoms with van der Waals surface area (Å²) >= 11 is 0. The lowest BCUT2D eigenvalue weighted by molar-refractivity contribution is 0.153. The molecule has 2 atom stereocenters. The van der Waals surface area contributed by atoms with Crippen molar-refractivity contribution in [1.82, 2.24) is 15.1 Å². The van der Waals surface area contributed by atoms with Crippen molar-refractivity contribution in [2.45, 2.75) is 25.5 Å². The molecule has 4 heteroatoms. The summed E-state index contributed by atoms with van der Waals surface area (Å²) in [7, 11) is 3.95. The molecule has 1 aliphatic heterocycles. The van der Waals surface area contributed by atoms with Crippen molar-refractivity contribution in [3.63, 3.8) is 0 Å². The number of hydrogen-bond donors (Lipinski definition) is 1. The van der Waals surface area contributed by atoms with Crippen molar-refractivity contribution < 1.29 is 4.74 Å². The lowest BCUT2D eigenvalue weighted by Crippen LogP contribution is -2.26. The Kier molecular flexibility index (Phi) is 3.03. The topological polar surface area (TPSA) is 39.1 Å². The maximum atomic E-state index is 6.15. The van der Waals surface area contributed by atoms with Crippen LogP contribution in [0.4, 0.5) is 0 Å². The van der Waals surface area contributed by atoms with Gasteiger partial charge in [-0.25, -0.2) is 0 Å². The number of rotatable bonds is 2. The molecule has 2 unspecified atom stereocenters. The molecule has 1 N–H and O–H groups in total. The Balaban J connectivity index is 1.97. The van der Waals surface area contributed by atoms with Crippen LogP contribution in [0.25, 0.3) is 0 Å². The summed E-state index contributed by atoms with van der Waals surface area (Å²) in [6, 6.07) is 8.57. The van der Waals surface area contributed by atoms with E-state index < -0.39 is 0 Å². The van der Waals surface area contributed by atoms with Crippen LogP contribution in [0, 0.1) is 6.92 Å². The average molecular weight is 257 g/mol. The van der Waals surface area contributed by atoms with E-state index in [4.69, 9.17) is 4.74 Å². The Morgan fingerprint density at radius 3 is 2.79 bits per heavy atom. The molecule has 0 spiro atoms. The van der Waals surface area contributed by atoms with Gasteiger partial charge in [0.05, 0.1) is 5.69 Å². The van der Waals surface area contributed by atoms with E-state index in [1.54, 1.807) is 0 Å². The van der Waals surface area contributed by atoms with Crippen molar-refractivity contribution in [1.29, 1.82) is 0 Å². The fourth-order valence-electron chi connectivity index (χ4n) is 2.82. The number of hydrogen-bond acceptors (Lipinski definition) is 3. The van der Waals surface area contributed by atoms with Crippen LogP contribution in [-0.2, 0) is 7.05 Å². The predicted molar refractivity (Wildman–Crippen MR) is 74.2 cm³/mol. The molecule has 1 aliphatic rings. The van der Waals surface area contributed by atoms with E-state index in [1.165, 1.54) is 11.1 Å². The Morgan fingerprint density at radius 2 is 2.11 bits per heavy atom. The minimum Gasteiger partial charge on any atom is -0.485 e. The summed E-state index contributed by atoms with van der Waals surface area (Å²) in [6.07, 6.45) is 3.06. The maximum Gasteiger partial charge on any atom is 0.129 e. The summed E-state index contributed by atoms with van der Waals surface area (Å²) in [6.45, 7) is 2.04. The van der Waals surface area contributed by atoms with E-state index in [9.17, 15) is 0 Å². The summed E-state index contributed by atoms with van der Waals surface area (Å²) in [5.41, 5.74) is 3.46. The molecule has 100 valence electrons. The molecule has 2 aromatic rings. The largest absolute Gasteiger partial charge is 0.485 e. The van der Waals surface area contributed by atoms with Crippen LogP contribution in [0.3, 0.4) is 0 Å². The fourth-order valence-corrected chi connectivity index (χ4v) is 2.82. The highest BCUT2D eigenvalue weighted by Gasteiger charge is 2.29. The molecule has 0 radical (unpaired) electrons. The number of nitrogens with zero attached hydrogens (tertiary/aromatic N) is 2. The summed E-state index contributed by atoms with van der Waals surface area (Å²) in [4.78, 5) is 0. The quantitative estimate of drug-likeness (QED) is 0.898. The molecule has 0 saturated heterocycles. The Hall–Kier alpha value is -1.81. The van der Waals surface area contributed by atoms with E-state index in [2.05, 4.69) is 28.7 Å². The molecular formula is C15H19N3O. The lowest BCUT2D eigenvalue weighted by Gasteiger charge is -2.32. The van der Waals surface area contributed by atoms with Crippen molar-refractivity contribution in [3.8, 4) is 5.75 Å². The number of nitrogens with one attached hydrogen (secondary N) is 1. The van der Waals surface area contributed by atoms with Gasteiger partial charge in [-0.05, 0) is 20.0 Å². The van der Waals surface area contributed by atoms with Crippen molar-refractivity contribution in [3.05, 3.63) is 47.3 Å². The average Bonchev–Trinajstić information content (AvgIpc) is 2.76. The smallest absolute Gasteiger partial charge is 0.129 e. The maximum absolute atomic E-state index is 6.15. The normalized spacial score (nSPS) is 21.8. The molecule has 0 amide bonds. The fraction of sp³-hybridized carbons (Fsp3) is 0.400. The number of ether oxygens (including phenoxy) is 1. The van der Waals surface area contributed by atoms with Crippen LogP contribution in [0.1, 0.15) is 35.4 Å². The first-order valence-electron chi connectivity index (χ1n) is 6.62. The Labute approximate surface area is 113 Å². The Morgan fingerprint density at radius 1 is 1.32 bits per heavy atom. The van der Waals surface area contributed by atoms with Crippen molar-refractivity contribution >= 4 is 0 Å². The van der Waals surface area contributed by atoms with Gasteiger partial charge in [0.25, 0.3) is 0 Å². The molecule has 19 heavy (non-hydrogen) atoms. The first-order valence-corrected chi connectivity index (χ1v) is 6.62. The van der Waals surface area contributed by atoms with Gasteiger partial charge >= 0.3 is 0 Å². The van der Waals surface area contributed by atoms with Gasteiger partial charge < -0.3 is 10.1 Å². The summed E-state index contributed by atoms with van der Waals surface area (Å²) in [5.74, 6) is 0.973. The van der Waals surface area contributed by atoms with Gasteiger partial charge in [0.15, 0.2) is 0 Å². The van der Waals surface area contributed by atoms with Gasteiger partial charge in [-0.15, -0.1) is 0 Å². The number of para-hydroxylation sites is 1. The van der Waals surface area contributed by atoms with E-state index in [-0.39, 0.29) is 6.10 Å². The highest BCUT2D eigenvalue weighted by Crippen LogP contribution is 2.40. The zero-order valence-corrected chi connectivity index (χ0v) is 11.6. The van der Waals surface area contributed by atoms with Gasteiger partial charge in [-0.1, -0.05) is 18.2 Å². The molecular weight excluding hydrogens is 238 g/mol. The van der Waals surface area contributed by atoms with E-state index >= 15 is 0 Å². The SMILES string of the molecule is CNC1CC(c2cn(C)nc2C)Oc2ccccc21. The number of benzene rings is 1. The first kappa shape index (κ1) is 12.2. The van der Waals surface area contributed by atoms with Crippen LogP contribution in [0.2, 0.25) is 0 Å². The Bertz CT molecular complexity index is 591. The summed E-state index contributed by atoms with van der Waals surface area (Å²) < 4.78 is 8.00. The second-order valence-corrected chi connectivity index (χ2v) is 5.06. The molecule has 0 fully saturated rings. The third kappa shape index (κ3) is 2.12. The highest BCUT2D eigenvalue weighted by atomic mass is 16.5. The summed E-state index contributed by atoms with van der Waals surface area (Å²) in [5, 5.41) is 7.79. The zero-order chi connectivity index (χ0) is 13.4. The van der Waals surface area contributed by atoms with Crippen LogP contribution in [0.15, 0.2) is 30.5 Å². The molecule has 4 nitrogen and oxygen atoms in total. The van der Waals surface area contributed by atoms with E-state index in [0.717, 1.165) is 17.9 Å². The highest BCUT2D eigenvalue weighted by molar-refractivity contribution is 5.39. The predicted octanol–water partition coefficient (Wildman–Crippen LogP) is 2.51. The lowest BCUT2D eigenvalue weighted by atomic mass is 9.93. The molecule has 0 saturated carbocycles. The van der Waals surface area contributed by atoms with E-state index in [0.29, 0.717) is 6.04 Å². The molecule has 1 aromatic carbocycles. The molecule has 0 bridgehead atoms. The third-order valence-electron chi connectivity index (χ3n) is 3.76. The third-order valence-corrected chi connectivity index (χ3v) is 3.76. The van der Waals surface area contributed by atoms with Crippen LogP contribution >= 0.6 is 0 Å². The number of aryl methyl sites for hydroxylation is 2. The zero-order valence-electron chi connectivity index (χ0n) is 11.6. The molecule has 2 heterocycles. The van der Waals surface area contributed by atoms with Crippen LogP contribution in [-0.4, -0.2) is 16.8 Å². The molecule has 0 aliphatic carbocycles. The molecule has 1 aromatic heterocycles. The number of fused-ring (bicyclic) bond motifs is 1. The second kappa shape index (κ2) is 4.70. The van der Waals surface area contributed by atoms with E-state index in [1.807, 2.05) is 37.8 Å². The van der Waals surface area contributed by atoms with Gasteiger partial charge in [-0.3, -0.25) is 4.68 Å². The van der Waals surface area contributed by atoms with Gasteiger partial charge in [0.1, 0.15) is 11.9 Å². The minimum atomic E-state index is 0.0704. The monoisotopic (exact) mass is 257 g/mol. The molecule has 3 rings (SSSR count). The standard InChI is InChI=1S/C15H19N3O/c1-10-12(9-18(3)17-10)15-8-13(16-2)11-6-4-5-7-14(11)19-15/h4-7,9,13,15-16H,8H2,1-3H3. The second-order valence-electron chi connectivity index (χ2n) is 5.06. The van der Waals surface area contributed by atoms with Crippen LogP contribution < -0.4 is 10.1 Å². The van der Waals surface area contributed by atoms with Crippen molar-refractivity contribution in [2.75, 3.05) is 7.05 Å². The van der Waals surface area contributed by atoms with Crippen molar-refractivity contribution in [2.24, 2.45) is 7.05 Å².